The van der Waals surface area contributed by atoms with Crippen LogP contribution in [0.3, 0.4) is 0 Å². The third-order valence-corrected chi connectivity index (χ3v) is 5.98. The molecule has 168 valence electrons. The lowest BCUT2D eigenvalue weighted by molar-refractivity contribution is -0.00000659. The second-order valence-corrected chi connectivity index (χ2v) is 8.56. The maximum absolute atomic E-state index is 6.45. The first-order chi connectivity index (χ1) is 14.5. The largest absolute Gasteiger partial charge is 1.00 e. The number of halogens is 4. The molecule has 3 rings (SSSR count). The van der Waals surface area contributed by atoms with Gasteiger partial charge in [-0.2, -0.15) is 0 Å². The van der Waals surface area contributed by atoms with Crippen LogP contribution < -0.4 is 27.2 Å². The Balaban J connectivity index is 0.00000341. The Hall–Kier alpha value is -1.42. The molecule has 0 aliphatic carbocycles. The average Bonchev–Trinajstić information content (AvgIpc) is 3.12. The number of hydrogen-bond donors (Lipinski definition) is 1. The molecular weight excluding hydrogens is 504 g/mol. The van der Waals surface area contributed by atoms with Crippen LogP contribution in [0.2, 0.25) is 15.1 Å². The van der Waals surface area contributed by atoms with Crippen LogP contribution >= 0.6 is 46.6 Å². The molecule has 3 aromatic rings. The van der Waals surface area contributed by atoms with Gasteiger partial charge in [-0.05, 0) is 40.3 Å². The van der Waals surface area contributed by atoms with Gasteiger partial charge in [-0.25, -0.2) is 4.68 Å². The summed E-state index contributed by atoms with van der Waals surface area (Å²) in [6.45, 7) is 1.67. The van der Waals surface area contributed by atoms with Crippen LogP contribution in [-0.4, -0.2) is 39.6 Å². The molecule has 0 aliphatic heterocycles. The first-order valence-corrected chi connectivity index (χ1v) is 11.1. The number of benzene rings is 2. The smallest absolute Gasteiger partial charge is 0.209 e. The SMILES string of the molecule is COc1cc(CNCCSc2nnnn2C)cc(Cl)c1OCc1ccc(Cl)cc1Cl.[Cl-]. The van der Waals surface area contributed by atoms with Crippen LogP contribution in [0.15, 0.2) is 35.5 Å². The minimum absolute atomic E-state index is 0. The van der Waals surface area contributed by atoms with E-state index < -0.39 is 0 Å². The molecule has 7 nitrogen and oxygen atoms in total. The van der Waals surface area contributed by atoms with E-state index in [2.05, 4.69) is 20.8 Å². The van der Waals surface area contributed by atoms with E-state index in [0.717, 1.165) is 28.6 Å². The van der Waals surface area contributed by atoms with Crippen molar-refractivity contribution in [3.63, 3.8) is 0 Å². The second-order valence-electron chi connectivity index (χ2n) is 6.24. The Morgan fingerprint density at radius 3 is 2.61 bits per heavy atom. The van der Waals surface area contributed by atoms with Crippen molar-refractivity contribution < 1.29 is 21.9 Å². The van der Waals surface area contributed by atoms with E-state index in [-0.39, 0.29) is 19.0 Å². The maximum Gasteiger partial charge on any atom is 0.209 e. The highest BCUT2D eigenvalue weighted by atomic mass is 35.5. The number of aryl methyl sites for hydroxylation is 1. The third kappa shape index (κ3) is 7.30. The molecule has 0 saturated carbocycles. The van der Waals surface area contributed by atoms with Crippen molar-refractivity contribution in [2.45, 2.75) is 18.3 Å². The van der Waals surface area contributed by atoms with Crippen molar-refractivity contribution in [2.24, 2.45) is 7.05 Å². The lowest BCUT2D eigenvalue weighted by Crippen LogP contribution is -3.00. The highest BCUT2D eigenvalue weighted by molar-refractivity contribution is 7.99. The zero-order valence-electron chi connectivity index (χ0n) is 16.7. The van der Waals surface area contributed by atoms with Gasteiger partial charge in [0.1, 0.15) is 6.61 Å². The molecule has 0 fully saturated rings. The molecule has 1 heterocycles. The summed E-state index contributed by atoms with van der Waals surface area (Å²) in [5.74, 6) is 1.87. The summed E-state index contributed by atoms with van der Waals surface area (Å²) in [7, 11) is 3.39. The Bertz CT molecular complexity index is 1010. The molecule has 0 aliphatic rings. The number of nitrogens with one attached hydrogen (secondary N) is 1. The lowest BCUT2D eigenvalue weighted by atomic mass is 10.2. The monoisotopic (exact) mass is 522 g/mol. The van der Waals surface area contributed by atoms with Crippen LogP contribution in [0.25, 0.3) is 0 Å². The van der Waals surface area contributed by atoms with Crippen molar-refractivity contribution in [2.75, 3.05) is 19.4 Å². The van der Waals surface area contributed by atoms with Gasteiger partial charge in [-0.1, -0.05) is 52.6 Å². The van der Waals surface area contributed by atoms with E-state index in [1.165, 1.54) is 0 Å². The highest BCUT2D eigenvalue weighted by Crippen LogP contribution is 2.37. The third-order valence-electron chi connectivity index (χ3n) is 4.10. The van der Waals surface area contributed by atoms with E-state index in [0.29, 0.717) is 33.1 Å². The quantitative estimate of drug-likeness (QED) is 0.320. The summed E-state index contributed by atoms with van der Waals surface area (Å²) in [6, 6.07) is 9.01. The number of thioether (sulfide) groups is 1. The molecule has 31 heavy (non-hydrogen) atoms. The minimum Gasteiger partial charge on any atom is -1.00 e. The molecule has 0 atom stereocenters. The van der Waals surface area contributed by atoms with Crippen LogP contribution in [-0.2, 0) is 20.2 Å². The summed E-state index contributed by atoms with van der Waals surface area (Å²) in [4.78, 5) is 0. The molecule has 0 unspecified atom stereocenters. The van der Waals surface area contributed by atoms with Gasteiger partial charge in [0.05, 0.1) is 12.1 Å². The van der Waals surface area contributed by atoms with E-state index in [4.69, 9.17) is 44.3 Å². The fourth-order valence-electron chi connectivity index (χ4n) is 2.59. The summed E-state index contributed by atoms with van der Waals surface area (Å²) in [6.07, 6.45) is 0. The Morgan fingerprint density at radius 1 is 1.13 bits per heavy atom. The van der Waals surface area contributed by atoms with Crippen LogP contribution in [0.4, 0.5) is 0 Å². The topological polar surface area (TPSA) is 74.1 Å². The fourth-order valence-corrected chi connectivity index (χ4v) is 4.09. The van der Waals surface area contributed by atoms with Gasteiger partial charge in [-0.3, -0.25) is 0 Å². The Morgan fingerprint density at radius 2 is 1.94 bits per heavy atom. The van der Waals surface area contributed by atoms with Crippen molar-refractivity contribution in [1.29, 1.82) is 0 Å². The molecule has 0 amide bonds. The number of tetrazole rings is 1. The first-order valence-electron chi connectivity index (χ1n) is 8.97. The molecule has 0 bridgehead atoms. The molecule has 12 heteroatoms. The summed E-state index contributed by atoms with van der Waals surface area (Å²) in [5.41, 5.74) is 1.79. The second kappa shape index (κ2) is 12.6. The summed E-state index contributed by atoms with van der Waals surface area (Å²) < 4.78 is 13.0. The predicted octanol–water partition coefficient (Wildman–Crippen LogP) is 1.64. The lowest BCUT2D eigenvalue weighted by Gasteiger charge is -2.15. The van der Waals surface area contributed by atoms with Gasteiger partial charge < -0.3 is 27.2 Å². The van der Waals surface area contributed by atoms with E-state index in [1.807, 2.05) is 25.2 Å². The molecule has 1 N–H and O–H groups in total. The van der Waals surface area contributed by atoms with Gasteiger partial charge >= 0.3 is 0 Å². The normalized spacial score (nSPS) is 10.6. The standard InChI is InChI=1S/C19H20Cl3N5O2S.ClH/c1-27-19(24-25-26-27)30-6-5-23-10-12-7-16(22)18(17(8-12)28-2)29-11-13-3-4-14(20)9-15(13)21;/h3-4,7-9,23H,5-6,10-11H2,1-2H3;1H/p-1. The number of methoxy groups -OCH3 is 1. The molecule has 0 saturated heterocycles. The van der Waals surface area contributed by atoms with Gasteiger partial charge in [0.15, 0.2) is 11.5 Å². The minimum atomic E-state index is 0. The Labute approximate surface area is 206 Å². The average molecular weight is 524 g/mol. The number of hydrogen-bond acceptors (Lipinski definition) is 7. The Kier molecular flexibility index (Phi) is 10.5. The number of ether oxygens (including phenoxy) is 2. The van der Waals surface area contributed by atoms with Crippen molar-refractivity contribution in [1.82, 2.24) is 25.5 Å². The summed E-state index contributed by atoms with van der Waals surface area (Å²) in [5, 5.41) is 17.1. The van der Waals surface area contributed by atoms with Gasteiger partial charge in [0.2, 0.25) is 5.16 Å². The van der Waals surface area contributed by atoms with Crippen LogP contribution in [0.1, 0.15) is 11.1 Å². The molecule has 0 spiro atoms. The highest BCUT2D eigenvalue weighted by Gasteiger charge is 2.13. The molecular formula is C19H20Cl4N5O2S-. The van der Waals surface area contributed by atoms with Gasteiger partial charge in [-0.15, -0.1) is 5.10 Å². The zero-order chi connectivity index (χ0) is 21.5. The van der Waals surface area contributed by atoms with E-state index >= 15 is 0 Å². The van der Waals surface area contributed by atoms with E-state index in [9.17, 15) is 0 Å². The fraction of sp³-hybridized carbons (Fsp3) is 0.316. The van der Waals surface area contributed by atoms with Crippen LogP contribution in [0.5, 0.6) is 11.5 Å². The van der Waals surface area contributed by atoms with Gasteiger partial charge in [0, 0.05) is 41.5 Å². The number of aromatic nitrogens is 4. The predicted molar refractivity (Wildman–Crippen MR) is 120 cm³/mol. The zero-order valence-corrected chi connectivity index (χ0v) is 20.6. The first kappa shape index (κ1) is 25.8. The number of rotatable bonds is 10. The molecule has 1 aromatic heterocycles. The number of nitrogens with zero attached hydrogens (tertiary/aromatic N) is 4. The van der Waals surface area contributed by atoms with Crippen molar-refractivity contribution >= 4 is 46.6 Å². The van der Waals surface area contributed by atoms with E-state index in [1.54, 1.807) is 35.7 Å². The van der Waals surface area contributed by atoms with Gasteiger partial charge in [0.25, 0.3) is 0 Å². The molecule has 0 radical (unpaired) electrons. The van der Waals surface area contributed by atoms with Crippen molar-refractivity contribution in [3.8, 4) is 11.5 Å². The van der Waals surface area contributed by atoms with Crippen molar-refractivity contribution in [3.05, 3.63) is 56.5 Å². The maximum atomic E-state index is 6.45. The summed E-state index contributed by atoms with van der Waals surface area (Å²) >= 11 is 20.2. The molecule has 2 aromatic carbocycles. The van der Waals surface area contributed by atoms with Crippen LogP contribution in [0, 0.1) is 0 Å².